The molecule has 24 heavy (non-hydrogen) atoms. The van der Waals surface area contributed by atoms with E-state index in [0.29, 0.717) is 25.3 Å². The van der Waals surface area contributed by atoms with Crippen molar-refractivity contribution in [2.45, 2.75) is 39.2 Å². The lowest BCUT2D eigenvalue weighted by molar-refractivity contribution is -0.117. The van der Waals surface area contributed by atoms with Crippen LogP contribution in [0.5, 0.6) is 5.75 Å². The monoisotopic (exact) mass is 333 g/mol. The second-order valence-electron chi connectivity index (χ2n) is 5.99. The highest BCUT2D eigenvalue weighted by molar-refractivity contribution is 5.97. The number of benzene rings is 1. The first kappa shape index (κ1) is 18.1. The molecule has 1 heterocycles. The van der Waals surface area contributed by atoms with Gasteiger partial charge in [0, 0.05) is 37.8 Å². The highest BCUT2D eigenvalue weighted by Gasteiger charge is 2.32. The van der Waals surface area contributed by atoms with Crippen molar-refractivity contribution in [2.24, 2.45) is 0 Å². The third kappa shape index (κ3) is 4.40. The maximum Gasteiger partial charge on any atom is 0.317 e. The summed E-state index contributed by atoms with van der Waals surface area (Å²) in [6, 6.07) is 7.17. The molecule has 132 valence electrons. The highest BCUT2D eigenvalue weighted by atomic mass is 16.5. The largest absolute Gasteiger partial charge is 0.497 e. The number of hydrogen-bond donors (Lipinski definition) is 1. The van der Waals surface area contributed by atoms with Gasteiger partial charge in [-0.3, -0.25) is 4.79 Å². The maximum absolute atomic E-state index is 12.4. The zero-order chi connectivity index (χ0) is 17.5. The van der Waals surface area contributed by atoms with Gasteiger partial charge in [0.2, 0.25) is 5.91 Å². The Bertz CT molecular complexity index is 576. The third-order valence-electron chi connectivity index (χ3n) is 4.27. The molecular weight excluding hydrogens is 306 g/mol. The molecule has 1 aromatic carbocycles. The Balaban J connectivity index is 1.97. The van der Waals surface area contributed by atoms with Crippen LogP contribution in [0.3, 0.4) is 0 Å². The van der Waals surface area contributed by atoms with E-state index in [1.54, 1.807) is 16.9 Å². The van der Waals surface area contributed by atoms with E-state index in [9.17, 15) is 9.59 Å². The number of unbranched alkanes of at least 4 members (excludes halogenated alkanes) is 1. The molecule has 1 aromatic rings. The molecule has 0 bridgehead atoms. The van der Waals surface area contributed by atoms with E-state index in [2.05, 4.69) is 12.2 Å². The van der Waals surface area contributed by atoms with Crippen molar-refractivity contribution in [3.05, 3.63) is 24.3 Å². The van der Waals surface area contributed by atoms with E-state index in [4.69, 9.17) is 4.74 Å². The van der Waals surface area contributed by atoms with Gasteiger partial charge in [0.15, 0.2) is 0 Å². The summed E-state index contributed by atoms with van der Waals surface area (Å²) in [5.74, 6) is 0.731. The number of amides is 3. The molecule has 1 saturated heterocycles. The van der Waals surface area contributed by atoms with E-state index in [1.807, 2.05) is 31.2 Å². The third-order valence-corrected chi connectivity index (χ3v) is 4.27. The molecule has 0 aliphatic carbocycles. The van der Waals surface area contributed by atoms with E-state index in [-0.39, 0.29) is 18.0 Å². The van der Waals surface area contributed by atoms with Crippen LogP contribution < -0.4 is 15.0 Å². The molecule has 1 atom stereocenters. The molecule has 1 aliphatic heterocycles. The summed E-state index contributed by atoms with van der Waals surface area (Å²) in [7, 11) is 1.60. The number of carbonyl (C=O) groups is 2. The number of anilines is 1. The molecule has 2 rings (SSSR count). The zero-order valence-corrected chi connectivity index (χ0v) is 14.7. The summed E-state index contributed by atoms with van der Waals surface area (Å²) in [6.07, 6.45) is 2.37. The molecule has 6 nitrogen and oxygen atoms in total. The normalized spacial score (nSPS) is 17.0. The Hall–Kier alpha value is -2.24. The van der Waals surface area contributed by atoms with Crippen LogP contribution in [0.1, 0.15) is 33.1 Å². The van der Waals surface area contributed by atoms with E-state index >= 15 is 0 Å². The zero-order valence-electron chi connectivity index (χ0n) is 14.7. The lowest BCUT2D eigenvalue weighted by Crippen LogP contribution is -2.46. The van der Waals surface area contributed by atoms with Gasteiger partial charge in [-0.05, 0) is 25.5 Å². The van der Waals surface area contributed by atoms with Gasteiger partial charge in [-0.15, -0.1) is 0 Å². The van der Waals surface area contributed by atoms with E-state index < -0.39 is 0 Å². The van der Waals surface area contributed by atoms with Gasteiger partial charge < -0.3 is 19.9 Å². The Labute approximate surface area is 143 Å². The second kappa shape index (κ2) is 8.57. The first-order chi connectivity index (χ1) is 11.6. The Morgan fingerprint density at radius 1 is 1.42 bits per heavy atom. The van der Waals surface area contributed by atoms with Crippen molar-refractivity contribution in [3.8, 4) is 5.75 Å². The van der Waals surface area contributed by atoms with Gasteiger partial charge in [0.25, 0.3) is 0 Å². The van der Waals surface area contributed by atoms with Crippen LogP contribution in [0.25, 0.3) is 0 Å². The summed E-state index contributed by atoms with van der Waals surface area (Å²) < 4.78 is 5.21. The molecule has 1 aliphatic rings. The van der Waals surface area contributed by atoms with Gasteiger partial charge in [-0.2, -0.15) is 0 Å². The van der Waals surface area contributed by atoms with Gasteiger partial charge in [0.05, 0.1) is 13.2 Å². The summed E-state index contributed by atoms with van der Waals surface area (Å²) in [5.41, 5.74) is 0.800. The SMILES string of the molecule is CCCCN(CC)C(=O)N[C@@H]1CC(=O)N(c2cccc(OC)c2)C1. The quantitative estimate of drug-likeness (QED) is 0.834. The predicted octanol–water partition coefficient (Wildman–Crippen LogP) is 2.63. The second-order valence-corrected chi connectivity index (χ2v) is 5.99. The van der Waals surface area contributed by atoms with Crippen molar-refractivity contribution < 1.29 is 14.3 Å². The average Bonchev–Trinajstić information content (AvgIpc) is 2.96. The standard InChI is InChI=1S/C18H27N3O3/c1-4-6-10-20(5-2)18(23)19-14-11-17(22)21(13-14)15-8-7-9-16(12-15)24-3/h7-9,12,14H,4-6,10-11,13H2,1-3H3,(H,19,23)/t14-/m1/s1. The number of methoxy groups -OCH3 is 1. The first-order valence-electron chi connectivity index (χ1n) is 8.58. The van der Waals surface area contributed by atoms with Crippen LogP contribution in [0.2, 0.25) is 0 Å². The average molecular weight is 333 g/mol. The lowest BCUT2D eigenvalue weighted by Gasteiger charge is -2.23. The molecule has 3 amide bonds. The molecule has 0 spiro atoms. The predicted molar refractivity (Wildman–Crippen MR) is 94.4 cm³/mol. The van der Waals surface area contributed by atoms with Gasteiger partial charge in [-0.25, -0.2) is 4.79 Å². The molecule has 0 aromatic heterocycles. The number of carbonyl (C=O) groups excluding carboxylic acids is 2. The summed E-state index contributed by atoms with van der Waals surface area (Å²) in [4.78, 5) is 28.1. The van der Waals surface area contributed by atoms with Crippen LogP contribution in [0, 0.1) is 0 Å². The Kier molecular flexibility index (Phi) is 6.46. The van der Waals surface area contributed by atoms with Crippen molar-refractivity contribution >= 4 is 17.6 Å². The smallest absolute Gasteiger partial charge is 0.317 e. The molecule has 0 radical (unpaired) electrons. The van der Waals surface area contributed by atoms with Crippen LogP contribution in [0.15, 0.2) is 24.3 Å². The Morgan fingerprint density at radius 2 is 2.21 bits per heavy atom. The topological polar surface area (TPSA) is 61.9 Å². The van der Waals surface area contributed by atoms with Crippen molar-refractivity contribution in [3.63, 3.8) is 0 Å². The number of ether oxygens (including phenoxy) is 1. The van der Waals surface area contributed by atoms with Crippen molar-refractivity contribution in [1.29, 1.82) is 0 Å². The molecule has 1 N–H and O–H groups in total. The number of nitrogens with one attached hydrogen (secondary N) is 1. The fraction of sp³-hybridized carbons (Fsp3) is 0.556. The van der Waals surface area contributed by atoms with Gasteiger partial charge in [0.1, 0.15) is 5.75 Å². The molecule has 0 unspecified atom stereocenters. The fourth-order valence-electron chi connectivity index (χ4n) is 2.85. The van der Waals surface area contributed by atoms with Crippen LogP contribution in [-0.2, 0) is 4.79 Å². The fourth-order valence-corrected chi connectivity index (χ4v) is 2.85. The van der Waals surface area contributed by atoms with Crippen LogP contribution >= 0.6 is 0 Å². The minimum Gasteiger partial charge on any atom is -0.497 e. The molecule has 1 fully saturated rings. The first-order valence-corrected chi connectivity index (χ1v) is 8.58. The number of urea groups is 1. The van der Waals surface area contributed by atoms with E-state index in [1.165, 1.54) is 0 Å². The van der Waals surface area contributed by atoms with Gasteiger partial charge in [-0.1, -0.05) is 19.4 Å². The van der Waals surface area contributed by atoms with Gasteiger partial charge >= 0.3 is 6.03 Å². The molecule has 0 saturated carbocycles. The minimum absolute atomic E-state index is 0.0187. The van der Waals surface area contributed by atoms with Crippen molar-refractivity contribution in [1.82, 2.24) is 10.2 Å². The summed E-state index contributed by atoms with van der Waals surface area (Å²) in [6.45, 7) is 5.99. The Morgan fingerprint density at radius 3 is 2.88 bits per heavy atom. The van der Waals surface area contributed by atoms with Crippen LogP contribution in [0.4, 0.5) is 10.5 Å². The summed E-state index contributed by atoms with van der Waals surface area (Å²) in [5, 5.41) is 2.99. The molecular formula is C18H27N3O3. The number of hydrogen-bond acceptors (Lipinski definition) is 3. The molecule has 6 heteroatoms. The van der Waals surface area contributed by atoms with E-state index in [0.717, 1.165) is 25.1 Å². The minimum atomic E-state index is -0.160. The maximum atomic E-state index is 12.4. The lowest BCUT2D eigenvalue weighted by atomic mass is 10.2. The van der Waals surface area contributed by atoms with Crippen LogP contribution in [-0.4, -0.2) is 49.6 Å². The number of rotatable bonds is 7. The number of nitrogens with zero attached hydrogens (tertiary/aromatic N) is 2. The summed E-state index contributed by atoms with van der Waals surface area (Å²) >= 11 is 0. The van der Waals surface area contributed by atoms with Crippen molar-refractivity contribution in [2.75, 3.05) is 31.6 Å². The highest BCUT2D eigenvalue weighted by Crippen LogP contribution is 2.25.